The van der Waals surface area contributed by atoms with E-state index < -0.39 is 6.04 Å². The number of carbonyl (C=O) groups excluding carboxylic acids is 1. The minimum absolute atomic E-state index is 0.195. The molecule has 1 aromatic rings. The quantitative estimate of drug-likeness (QED) is 0.801. The molecule has 0 aliphatic carbocycles. The predicted octanol–water partition coefficient (Wildman–Crippen LogP) is 0.166. The zero-order valence-electron chi connectivity index (χ0n) is 10.5. The van der Waals surface area contributed by atoms with Gasteiger partial charge in [0.2, 0.25) is 5.91 Å². The van der Waals surface area contributed by atoms with E-state index in [1.807, 2.05) is 0 Å². The van der Waals surface area contributed by atoms with Crippen molar-refractivity contribution in [3.63, 3.8) is 0 Å². The van der Waals surface area contributed by atoms with E-state index in [1.165, 1.54) is 0 Å². The summed E-state index contributed by atoms with van der Waals surface area (Å²) in [6.45, 7) is 3.51. The maximum atomic E-state index is 11.7. The average molecular weight is 249 g/mol. The van der Waals surface area contributed by atoms with E-state index in [9.17, 15) is 9.90 Å². The molecule has 0 bridgehead atoms. The van der Waals surface area contributed by atoms with Crippen LogP contribution in [0.15, 0.2) is 24.3 Å². The van der Waals surface area contributed by atoms with E-state index >= 15 is 0 Å². The Morgan fingerprint density at radius 1 is 1.22 bits per heavy atom. The summed E-state index contributed by atoms with van der Waals surface area (Å²) in [6, 6.07) is 6.27. The smallest absolute Gasteiger partial charge is 0.239 e. The van der Waals surface area contributed by atoms with Gasteiger partial charge in [0, 0.05) is 26.2 Å². The predicted molar refractivity (Wildman–Crippen MR) is 69.1 cm³/mol. The Morgan fingerprint density at radius 2 is 1.78 bits per heavy atom. The van der Waals surface area contributed by atoms with Crippen molar-refractivity contribution in [2.45, 2.75) is 6.04 Å². The van der Waals surface area contributed by atoms with Gasteiger partial charge < -0.3 is 15.7 Å². The highest BCUT2D eigenvalue weighted by atomic mass is 16.3. The van der Waals surface area contributed by atoms with Gasteiger partial charge >= 0.3 is 0 Å². The van der Waals surface area contributed by atoms with E-state index in [0.29, 0.717) is 0 Å². The van der Waals surface area contributed by atoms with Crippen molar-refractivity contribution in [3.05, 3.63) is 29.8 Å². The fourth-order valence-corrected chi connectivity index (χ4v) is 2.29. The third-order valence-corrected chi connectivity index (χ3v) is 3.38. The largest absolute Gasteiger partial charge is 0.508 e. The molecule has 3 N–H and O–H groups in total. The summed E-state index contributed by atoms with van der Waals surface area (Å²) in [5.74, 6) is -0.148. The number of phenols is 1. The third kappa shape index (κ3) is 2.80. The number of benzene rings is 1. The highest BCUT2D eigenvalue weighted by Crippen LogP contribution is 2.23. The molecule has 18 heavy (non-hydrogen) atoms. The van der Waals surface area contributed by atoms with Crippen LogP contribution in [-0.4, -0.2) is 54.0 Å². The molecule has 1 unspecified atom stereocenters. The topological polar surface area (TPSA) is 69.8 Å². The fraction of sp³-hybridized carbons (Fsp3) is 0.462. The van der Waals surface area contributed by atoms with Gasteiger partial charge in [-0.05, 0) is 24.7 Å². The van der Waals surface area contributed by atoms with Crippen LogP contribution < -0.4 is 5.73 Å². The Morgan fingerprint density at radius 3 is 2.28 bits per heavy atom. The van der Waals surface area contributed by atoms with Crippen LogP contribution in [0.3, 0.4) is 0 Å². The van der Waals surface area contributed by atoms with Crippen molar-refractivity contribution in [1.82, 2.24) is 9.80 Å². The van der Waals surface area contributed by atoms with Crippen molar-refractivity contribution in [1.29, 1.82) is 0 Å². The lowest BCUT2D eigenvalue weighted by Gasteiger charge is -2.36. The van der Waals surface area contributed by atoms with Crippen LogP contribution in [0.1, 0.15) is 11.6 Å². The van der Waals surface area contributed by atoms with E-state index in [-0.39, 0.29) is 11.7 Å². The Kier molecular flexibility index (Phi) is 3.84. The van der Waals surface area contributed by atoms with Crippen molar-refractivity contribution >= 4 is 5.91 Å². The minimum atomic E-state index is -0.403. The molecule has 2 rings (SSSR count). The zero-order chi connectivity index (χ0) is 13.1. The molecule has 1 aliphatic heterocycles. The first-order chi connectivity index (χ1) is 8.58. The molecule has 1 saturated heterocycles. The zero-order valence-corrected chi connectivity index (χ0v) is 10.5. The first-order valence-electron chi connectivity index (χ1n) is 6.09. The number of nitrogens with two attached hydrogens (primary N) is 1. The maximum Gasteiger partial charge on any atom is 0.239 e. The Balaban J connectivity index is 2.18. The van der Waals surface area contributed by atoms with Gasteiger partial charge in [-0.2, -0.15) is 0 Å². The van der Waals surface area contributed by atoms with Crippen LogP contribution >= 0.6 is 0 Å². The van der Waals surface area contributed by atoms with Gasteiger partial charge in [-0.25, -0.2) is 0 Å². The summed E-state index contributed by atoms with van der Waals surface area (Å²) in [5.41, 5.74) is 6.35. The van der Waals surface area contributed by atoms with Crippen molar-refractivity contribution in [2.75, 3.05) is 33.2 Å². The Labute approximate surface area is 107 Å². The lowest BCUT2D eigenvalue weighted by Crippen LogP contribution is -2.49. The first-order valence-corrected chi connectivity index (χ1v) is 6.09. The van der Waals surface area contributed by atoms with Gasteiger partial charge in [0.05, 0.1) is 0 Å². The second-order valence-corrected chi connectivity index (χ2v) is 4.74. The maximum absolute atomic E-state index is 11.7. The number of nitrogens with zero attached hydrogens (tertiary/aromatic N) is 2. The first kappa shape index (κ1) is 12.9. The number of hydrogen-bond donors (Lipinski definition) is 2. The molecule has 0 aromatic heterocycles. The third-order valence-electron chi connectivity index (χ3n) is 3.38. The molecule has 5 heteroatoms. The van der Waals surface area contributed by atoms with Crippen molar-refractivity contribution in [3.8, 4) is 5.75 Å². The van der Waals surface area contributed by atoms with E-state index in [1.54, 1.807) is 24.3 Å². The van der Waals surface area contributed by atoms with Crippen LogP contribution in [0.25, 0.3) is 0 Å². The minimum Gasteiger partial charge on any atom is -0.508 e. The molecule has 1 atom stereocenters. The normalized spacial score (nSPS) is 19.6. The summed E-state index contributed by atoms with van der Waals surface area (Å²) in [4.78, 5) is 16.0. The van der Waals surface area contributed by atoms with E-state index in [2.05, 4.69) is 16.8 Å². The van der Waals surface area contributed by atoms with Crippen LogP contribution in [0.2, 0.25) is 0 Å². The van der Waals surface area contributed by atoms with Gasteiger partial charge in [-0.1, -0.05) is 12.1 Å². The van der Waals surface area contributed by atoms with Crippen molar-refractivity contribution < 1.29 is 9.90 Å². The molecule has 1 amide bonds. The molecule has 0 saturated carbocycles. The molecular weight excluding hydrogens is 230 g/mol. The number of aromatic hydroxyl groups is 1. The number of likely N-dealkylation sites (N-methyl/N-ethyl adjacent to an activating group) is 1. The second kappa shape index (κ2) is 5.37. The number of primary amides is 1. The molecule has 1 heterocycles. The molecule has 1 fully saturated rings. The monoisotopic (exact) mass is 249 g/mol. The SMILES string of the molecule is CN1CCN(C(C(N)=O)c2ccc(O)cc2)CC1. The molecule has 1 aromatic carbocycles. The molecule has 5 nitrogen and oxygen atoms in total. The number of rotatable bonds is 3. The number of piperazine rings is 1. The highest BCUT2D eigenvalue weighted by Gasteiger charge is 2.27. The number of phenolic OH excluding ortho intramolecular Hbond substituents is 1. The van der Waals surface area contributed by atoms with Crippen LogP contribution in [0.5, 0.6) is 5.75 Å². The van der Waals surface area contributed by atoms with Gasteiger partial charge in [-0.15, -0.1) is 0 Å². The second-order valence-electron chi connectivity index (χ2n) is 4.74. The molecule has 1 aliphatic rings. The highest BCUT2D eigenvalue weighted by molar-refractivity contribution is 5.81. The van der Waals surface area contributed by atoms with Gasteiger partial charge in [-0.3, -0.25) is 9.69 Å². The van der Waals surface area contributed by atoms with Crippen LogP contribution in [0, 0.1) is 0 Å². The Bertz CT molecular complexity index is 411. The van der Waals surface area contributed by atoms with Crippen molar-refractivity contribution in [2.24, 2.45) is 5.73 Å². The number of carbonyl (C=O) groups is 1. The summed E-state index contributed by atoms with van der Waals surface area (Å²) in [7, 11) is 2.07. The fourth-order valence-electron chi connectivity index (χ4n) is 2.29. The number of hydrogen-bond acceptors (Lipinski definition) is 4. The molecule has 0 radical (unpaired) electrons. The van der Waals surface area contributed by atoms with Gasteiger partial charge in [0.15, 0.2) is 0 Å². The average Bonchev–Trinajstić information content (AvgIpc) is 2.34. The van der Waals surface area contributed by atoms with Crippen LogP contribution in [-0.2, 0) is 4.79 Å². The summed E-state index contributed by atoms with van der Waals surface area (Å²) in [5, 5.41) is 9.29. The molecular formula is C13H19N3O2. The standard InChI is InChI=1S/C13H19N3O2/c1-15-6-8-16(9-7-15)12(13(14)18)10-2-4-11(17)5-3-10/h2-5,12,17H,6-9H2,1H3,(H2,14,18). The molecule has 0 spiro atoms. The lowest BCUT2D eigenvalue weighted by molar-refractivity contribution is -0.124. The summed E-state index contributed by atoms with van der Waals surface area (Å²) < 4.78 is 0. The van der Waals surface area contributed by atoms with E-state index in [4.69, 9.17) is 5.73 Å². The number of amides is 1. The lowest BCUT2D eigenvalue weighted by atomic mass is 10.0. The van der Waals surface area contributed by atoms with Crippen LogP contribution in [0.4, 0.5) is 0 Å². The van der Waals surface area contributed by atoms with E-state index in [0.717, 1.165) is 31.7 Å². The van der Waals surface area contributed by atoms with Gasteiger partial charge in [0.1, 0.15) is 11.8 Å². The van der Waals surface area contributed by atoms with Gasteiger partial charge in [0.25, 0.3) is 0 Å². The Hall–Kier alpha value is -1.59. The summed E-state index contributed by atoms with van der Waals surface area (Å²) >= 11 is 0. The summed E-state index contributed by atoms with van der Waals surface area (Å²) in [6.07, 6.45) is 0. The molecule has 98 valence electrons.